The third-order valence-corrected chi connectivity index (χ3v) is 3.56. The number of halogens is 1. The van der Waals surface area contributed by atoms with Gasteiger partial charge in [0.05, 0.1) is 6.20 Å². The molecule has 0 spiro atoms. The lowest BCUT2D eigenvalue weighted by atomic mass is 10.2. The summed E-state index contributed by atoms with van der Waals surface area (Å²) in [6.07, 6.45) is 4.85. The van der Waals surface area contributed by atoms with Gasteiger partial charge < -0.3 is 4.74 Å². The number of carbonyl (C=O) groups excluding carboxylic acids is 1. The first kappa shape index (κ1) is 14.5. The Morgan fingerprint density at radius 2 is 2.14 bits per heavy atom. The number of hydrogen-bond acceptors (Lipinski definition) is 5. The molecule has 110 valence electrons. The van der Waals surface area contributed by atoms with Gasteiger partial charge in [-0.1, -0.05) is 11.6 Å². The van der Waals surface area contributed by atoms with Crippen molar-refractivity contribution in [3.63, 3.8) is 0 Å². The molecule has 5 nitrogen and oxygen atoms in total. The van der Waals surface area contributed by atoms with E-state index in [9.17, 15) is 4.79 Å². The summed E-state index contributed by atoms with van der Waals surface area (Å²) < 4.78 is 5.65. The average molecular weight is 332 g/mol. The molecule has 1 N–H and O–H groups in total. The van der Waals surface area contributed by atoms with Gasteiger partial charge in [-0.15, -0.1) is 11.3 Å². The predicted molar refractivity (Wildman–Crippen MR) is 85.8 cm³/mol. The molecule has 2 aromatic heterocycles. The molecular formula is C15H10ClN3O2S. The quantitative estimate of drug-likeness (QED) is 0.776. The third kappa shape index (κ3) is 3.60. The maximum atomic E-state index is 12.2. The highest BCUT2D eigenvalue weighted by Gasteiger charge is 2.11. The van der Waals surface area contributed by atoms with Gasteiger partial charge in [-0.2, -0.15) is 0 Å². The number of nitrogens with zero attached hydrogens (tertiary/aromatic N) is 2. The number of pyridine rings is 1. The summed E-state index contributed by atoms with van der Waals surface area (Å²) >= 11 is 7.39. The lowest BCUT2D eigenvalue weighted by Crippen LogP contribution is -2.11. The molecule has 0 radical (unpaired) electrons. The van der Waals surface area contributed by atoms with E-state index in [2.05, 4.69) is 15.3 Å². The molecule has 0 aliphatic carbocycles. The molecule has 3 rings (SSSR count). The van der Waals surface area contributed by atoms with Crippen molar-refractivity contribution >= 4 is 34.0 Å². The van der Waals surface area contributed by atoms with Crippen LogP contribution in [0.4, 0.5) is 5.13 Å². The molecular weight excluding hydrogens is 322 g/mol. The lowest BCUT2D eigenvalue weighted by Gasteiger charge is -2.08. The number of benzene rings is 1. The number of thiazole rings is 1. The zero-order valence-electron chi connectivity index (χ0n) is 11.2. The Morgan fingerprint density at radius 1 is 1.23 bits per heavy atom. The minimum atomic E-state index is -0.298. The Bertz CT molecular complexity index is 779. The normalized spacial score (nSPS) is 10.2. The van der Waals surface area contributed by atoms with E-state index in [1.165, 1.54) is 11.3 Å². The number of nitrogens with one attached hydrogen (secondary N) is 1. The molecule has 0 atom stereocenters. The smallest absolute Gasteiger partial charge is 0.257 e. The average Bonchev–Trinajstić information content (AvgIpc) is 3.00. The first-order chi connectivity index (χ1) is 10.7. The number of rotatable bonds is 4. The maximum Gasteiger partial charge on any atom is 0.257 e. The molecule has 1 aromatic carbocycles. The summed E-state index contributed by atoms with van der Waals surface area (Å²) in [4.78, 5) is 20.2. The zero-order valence-corrected chi connectivity index (χ0v) is 12.8. The summed E-state index contributed by atoms with van der Waals surface area (Å²) in [5.41, 5.74) is 0.390. The number of ether oxygens (including phenoxy) is 1. The largest absolute Gasteiger partial charge is 0.456 e. The van der Waals surface area contributed by atoms with E-state index >= 15 is 0 Å². The Hall–Kier alpha value is -2.44. The number of anilines is 1. The molecule has 2 heterocycles. The Kier molecular flexibility index (Phi) is 4.32. The molecule has 0 fully saturated rings. The number of hydrogen-bond donors (Lipinski definition) is 1. The van der Waals surface area contributed by atoms with Gasteiger partial charge in [-0.05, 0) is 30.3 Å². The number of amides is 1. The molecule has 0 aliphatic rings. The van der Waals surface area contributed by atoms with Crippen LogP contribution in [0.2, 0.25) is 5.02 Å². The summed E-state index contributed by atoms with van der Waals surface area (Å²) in [5.74, 6) is 0.731. The molecule has 0 unspecified atom stereocenters. The molecule has 0 aliphatic heterocycles. The highest BCUT2D eigenvalue weighted by molar-refractivity contribution is 7.13. The van der Waals surface area contributed by atoms with Gasteiger partial charge in [0, 0.05) is 28.4 Å². The van der Waals surface area contributed by atoms with Crippen molar-refractivity contribution in [2.45, 2.75) is 0 Å². The molecule has 0 saturated heterocycles. The van der Waals surface area contributed by atoms with Gasteiger partial charge >= 0.3 is 0 Å². The summed E-state index contributed by atoms with van der Waals surface area (Å²) in [6, 6.07) is 8.34. The Labute approximate surface area is 135 Å². The first-order valence-electron chi connectivity index (χ1n) is 6.30. The van der Waals surface area contributed by atoms with Crippen LogP contribution in [-0.4, -0.2) is 15.9 Å². The fraction of sp³-hybridized carbons (Fsp3) is 0. The van der Waals surface area contributed by atoms with Crippen LogP contribution in [0.3, 0.4) is 0 Å². The van der Waals surface area contributed by atoms with Gasteiger partial charge in [-0.25, -0.2) is 4.98 Å². The number of aromatic nitrogens is 2. The van der Waals surface area contributed by atoms with E-state index in [0.717, 1.165) is 0 Å². The van der Waals surface area contributed by atoms with Gasteiger partial charge in [0.15, 0.2) is 5.13 Å². The minimum absolute atomic E-state index is 0.298. The monoisotopic (exact) mass is 331 g/mol. The third-order valence-electron chi connectivity index (χ3n) is 2.66. The van der Waals surface area contributed by atoms with Gasteiger partial charge in [-0.3, -0.25) is 15.1 Å². The second kappa shape index (κ2) is 6.55. The molecule has 1 amide bonds. The van der Waals surface area contributed by atoms with Crippen molar-refractivity contribution in [3.05, 3.63) is 64.9 Å². The summed E-state index contributed by atoms with van der Waals surface area (Å²) in [7, 11) is 0. The maximum absolute atomic E-state index is 12.2. The van der Waals surface area contributed by atoms with Gasteiger partial charge in [0.2, 0.25) is 0 Å². The first-order valence-corrected chi connectivity index (χ1v) is 7.56. The summed E-state index contributed by atoms with van der Waals surface area (Å²) in [6.45, 7) is 0. The summed E-state index contributed by atoms with van der Waals surface area (Å²) in [5, 5.41) is 5.42. The van der Waals surface area contributed by atoms with Crippen molar-refractivity contribution in [2.75, 3.05) is 5.32 Å². The van der Waals surface area contributed by atoms with E-state index in [-0.39, 0.29) is 5.91 Å². The highest BCUT2D eigenvalue weighted by atomic mass is 35.5. The van der Waals surface area contributed by atoms with Crippen LogP contribution in [0.25, 0.3) is 0 Å². The molecule has 3 aromatic rings. The van der Waals surface area contributed by atoms with Crippen LogP contribution in [0.1, 0.15) is 10.4 Å². The second-order valence-corrected chi connectivity index (χ2v) is 5.59. The van der Waals surface area contributed by atoms with Crippen molar-refractivity contribution in [1.82, 2.24) is 9.97 Å². The standard InChI is InChI=1S/C15H10ClN3O2S/c16-11-6-10(14(20)19-15-18-4-5-22-15)7-13(8-11)21-12-2-1-3-17-9-12/h1-9H,(H,18,19,20). The van der Waals surface area contributed by atoms with Crippen LogP contribution >= 0.6 is 22.9 Å². The van der Waals surface area contributed by atoms with Crippen LogP contribution in [0.5, 0.6) is 11.5 Å². The Morgan fingerprint density at radius 3 is 2.86 bits per heavy atom. The topological polar surface area (TPSA) is 64.1 Å². The molecule has 0 bridgehead atoms. The number of carbonyl (C=O) groups is 1. The van der Waals surface area contributed by atoms with Crippen LogP contribution in [0.15, 0.2) is 54.3 Å². The van der Waals surface area contributed by atoms with E-state index in [1.807, 2.05) is 0 Å². The van der Waals surface area contributed by atoms with Crippen molar-refractivity contribution in [1.29, 1.82) is 0 Å². The van der Waals surface area contributed by atoms with E-state index < -0.39 is 0 Å². The van der Waals surface area contributed by atoms with Crippen LogP contribution in [0, 0.1) is 0 Å². The molecule has 0 saturated carbocycles. The fourth-order valence-electron chi connectivity index (χ4n) is 1.75. The predicted octanol–water partition coefficient (Wildman–Crippen LogP) is 4.24. The fourth-order valence-corrected chi connectivity index (χ4v) is 2.50. The lowest BCUT2D eigenvalue weighted by molar-refractivity contribution is 0.102. The zero-order chi connectivity index (χ0) is 15.4. The highest BCUT2D eigenvalue weighted by Crippen LogP contribution is 2.26. The molecule has 22 heavy (non-hydrogen) atoms. The second-order valence-electron chi connectivity index (χ2n) is 4.26. The van der Waals surface area contributed by atoms with E-state index in [1.54, 1.807) is 54.3 Å². The van der Waals surface area contributed by atoms with Crippen molar-refractivity contribution in [2.24, 2.45) is 0 Å². The van der Waals surface area contributed by atoms with Gasteiger partial charge in [0.1, 0.15) is 11.5 Å². The minimum Gasteiger partial charge on any atom is -0.456 e. The van der Waals surface area contributed by atoms with Crippen LogP contribution in [-0.2, 0) is 0 Å². The van der Waals surface area contributed by atoms with E-state index in [0.29, 0.717) is 27.2 Å². The van der Waals surface area contributed by atoms with Crippen molar-refractivity contribution in [3.8, 4) is 11.5 Å². The Balaban J connectivity index is 1.81. The molecule has 7 heteroatoms. The van der Waals surface area contributed by atoms with Crippen molar-refractivity contribution < 1.29 is 9.53 Å². The van der Waals surface area contributed by atoms with E-state index in [4.69, 9.17) is 16.3 Å². The van der Waals surface area contributed by atoms with Gasteiger partial charge in [0.25, 0.3) is 5.91 Å². The SMILES string of the molecule is O=C(Nc1nccs1)c1cc(Cl)cc(Oc2cccnc2)c1. The van der Waals surface area contributed by atoms with Crippen LogP contribution < -0.4 is 10.1 Å².